The largest absolute Gasteiger partial charge is 0.294 e. The van der Waals surface area contributed by atoms with Gasteiger partial charge in [0.1, 0.15) is 0 Å². The molecule has 8 unspecified atom stereocenters. The predicted molar refractivity (Wildman–Crippen MR) is 198 cm³/mol. The number of hydrogen-bond acceptors (Lipinski definition) is 1. The molecule has 9 fully saturated rings. The summed E-state index contributed by atoms with van der Waals surface area (Å²) < 4.78 is 0. The minimum absolute atomic E-state index is 0.937. The van der Waals surface area contributed by atoms with E-state index in [2.05, 4.69) is 4.90 Å². The molecule has 0 aromatic carbocycles. The molecule has 47 heavy (non-hydrogen) atoms. The van der Waals surface area contributed by atoms with E-state index in [-0.39, 0.29) is 0 Å². The lowest BCUT2D eigenvalue weighted by Crippen LogP contribution is -2.52. The fourth-order valence-corrected chi connectivity index (χ4v) is 16.5. The van der Waals surface area contributed by atoms with Gasteiger partial charge in [-0.05, 0) is 180 Å². The van der Waals surface area contributed by atoms with Gasteiger partial charge in [-0.15, -0.1) is 0 Å². The molecule has 8 atom stereocenters. The van der Waals surface area contributed by atoms with Gasteiger partial charge in [0.05, 0.1) is 0 Å². The Morgan fingerprint density at radius 3 is 1.23 bits per heavy atom. The summed E-state index contributed by atoms with van der Waals surface area (Å²) >= 11 is 0. The minimum Gasteiger partial charge on any atom is -0.294 e. The van der Waals surface area contributed by atoms with E-state index < -0.39 is 0 Å². The molecule has 0 N–H and O–H groups in total. The molecular weight excluding hydrogens is 567 g/mol. The first-order chi connectivity index (χ1) is 23.3. The Bertz CT molecular complexity index is 961. The highest BCUT2D eigenvalue weighted by Crippen LogP contribution is 2.62. The van der Waals surface area contributed by atoms with Gasteiger partial charge in [-0.2, -0.15) is 0 Å². The highest BCUT2D eigenvalue weighted by Gasteiger charge is 2.53. The molecule has 9 saturated carbocycles. The van der Waals surface area contributed by atoms with Gasteiger partial charge < -0.3 is 0 Å². The summed E-state index contributed by atoms with van der Waals surface area (Å²) in [6.07, 6.45) is 48.9. The zero-order valence-electron chi connectivity index (χ0n) is 31.0. The Balaban J connectivity index is 0.802. The Morgan fingerprint density at radius 2 is 0.617 bits per heavy atom. The molecule has 0 saturated heterocycles. The minimum atomic E-state index is 0.937. The highest BCUT2D eigenvalue weighted by atomic mass is 15.2. The third-order valence-corrected chi connectivity index (χ3v) is 18.5. The Kier molecular flexibility index (Phi) is 10.4. The molecule has 0 heterocycles. The average Bonchev–Trinajstić information content (AvgIpc) is 3.75. The van der Waals surface area contributed by atoms with Crippen LogP contribution in [0.4, 0.5) is 0 Å². The third-order valence-electron chi connectivity index (χ3n) is 18.5. The Hall–Kier alpha value is -0.0400. The van der Waals surface area contributed by atoms with Crippen molar-refractivity contribution in [3.05, 3.63) is 0 Å². The van der Waals surface area contributed by atoms with E-state index in [0.717, 1.165) is 89.1 Å². The molecule has 266 valence electrons. The second-order valence-electron chi connectivity index (χ2n) is 20.5. The first kappa shape index (κ1) is 32.8. The van der Waals surface area contributed by atoms with Crippen molar-refractivity contribution in [2.45, 2.75) is 217 Å². The first-order valence-corrected chi connectivity index (χ1v) is 23.1. The zero-order valence-corrected chi connectivity index (χ0v) is 31.0. The maximum Gasteiger partial charge on any atom is 0.0101 e. The molecule has 0 bridgehead atoms. The van der Waals surface area contributed by atoms with Crippen molar-refractivity contribution in [2.75, 3.05) is 0 Å². The molecule has 0 amide bonds. The van der Waals surface area contributed by atoms with E-state index in [1.54, 1.807) is 148 Å². The van der Waals surface area contributed by atoms with E-state index in [1.807, 2.05) is 0 Å². The number of nitrogens with zero attached hydrogens (tertiary/aromatic N) is 1. The smallest absolute Gasteiger partial charge is 0.0101 e. The lowest BCUT2D eigenvalue weighted by Gasteiger charge is -2.50. The topological polar surface area (TPSA) is 3.24 Å². The summed E-state index contributed by atoms with van der Waals surface area (Å²) in [6, 6.07) is 2.82. The molecule has 0 aliphatic heterocycles. The molecular formula is C46H77N. The second-order valence-corrected chi connectivity index (χ2v) is 20.5. The quantitative estimate of drug-likeness (QED) is 0.278. The van der Waals surface area contributed by atoms with Crippen LogP contribution in [0.15, 0.2) is 0 Å². The van der Waals surface area contributed by atoms with Crippen molar-refractivity contribution in [1.82, 2.24) is 4.90 Å². The van der Waals surface area contributed by atoms with Crippen LogP contribution in [0.2, 0.25) is 0 Å². The zero-order chi connectivity index (χ0) is 31.2. The average molecular weight is 644 g/mol. The van der Waals surface area contributed by atoms with Crippen LogP contribution < -0.4 is 0 Å². The SMILES string of the molecule is C1CCC(C2CCC(N(C3CCCCC3)C3CCC(C4CCC5C(C4)CC4CCCC(C6CC7CCCCC7C6)C45)CC3)CC2)CC1. The monoisotopic (exact) mass is 644 g/mol. The molecule has 0 radical (unpaired) electrons. The van der Waals surface area contributed by atoms with Crippen LogP contribution in [0, 0.1) is 71.0 Å². The van der Waals surface area contributed by atoms with Gasteiger partial charge in [0.15, 0.2) is 0 Å². The van der Waals surface area contributed by atoms with Gasteiger partial charge in [-0.3, -0.25) is 4.90 Å². The standard InChI is InChI=1S/C46H77N/c1-3-10-32(11-4-1)33-18-23-42(24-19-33)47(41-15-5-2-6-16-41)43-25-20-34(21-26-43)37-22-27-45-40(30-37)31-38-14-9-17-44(46(38)45)39-28-35-12-7-8-13-36(35)29-39/h32-46H,1-31H2. The lowest BCUT2D eigenvalue weighted by atomic mass is 9.61. The fourth-order valence-electron chi connectivity index (χ4n) is 16.5. The van der Waals surface area contributed by atoms with E-state index in [0.29, 0.717) is 0 Å². The Labute approximate surface area is 292 Å². The lowest BCUT2D eigenvalue weighted by molar-refractivity contribution is -0.00547. The molecule has 0 spiro atoms. The normalized spacial score (nSPS) is 48.6. The molecule has 0 aromatic rings. The summed E-state index contributed by atoms with van der Waals surface area (Å²) in [5.74, 6) is 13.5. The molecule has 0 aromatic heterocycles. The summed E-state index contributed by atoms with van der Waals surface area (Å²) in [5.41, 5.74) is 0. The van der Waals surface area contributed by atoms with Gasteiger partial charge in [0, 0.05) is 18.1 Å². The van der Waals surface area contributed by atoms with Gasteiger partial charge in [-0.25, -0.2) is 0 Å². The van der Waals surface area contributed by atoms with Crippen LogP contribution in [-0.4, -0.2) is 23.0 Å². The third kappa shape index (κ3) is 6.84. The van der Waals surface area contributed by atoms with Gasteiger partial charge in [0.25, 0.3) is 0 Å². The van der Waals surface area contributed by atoms with Crippen LogP contribution in [0.5, 0.6) is 0 Å². The number of fused-ring (bicyclic) bond motifs is 4. The highest BCUT2D eigenvalue weighted by molar-refractivity contribution is 5.03. The van der Waals surface area contributed by atoms with Crippen LogP contribution >= 0.6 is 0 Å². The maximum atomic E-state index is 3.28. The molecule has 9 rings (SSSR count). The first-order valence-electron chi connectivity index (χ1n) is 23.1. The van der Waals surface area contributed by atoms with Crippen molar-refractivity contribution in [2.24, 2.45) is 71.0 Å². The maximum absolute atomic E-state index is 3.28. The van der Waals surface area contributed by atoms with Crippen molar-refractivity contribution < 1.29 is 0 Å². The van der Waals surface area contributed by atoms with Crippen LogP contribution in [-0.2, 0) is 0 Å². The van der Waals surface area contributed by atoms with E-state index in [9.17, 15) is 0 Å². The predicted octanol–water partition coefficient (Wildman–Crippen LogP) is 13.0. The molecule has 1 nitrogen and oxygen atoms in total. The van der Waals surface area contributed by atoms with Gasteiger partial charge in [-0.1, -0.05) is 89.9 Å². The van der Waals surface area contributed by atoms with Crippen LogP contribution in [0.1, 0.15) is 199 Å². The number of rotatable bonds is 6. The van der Waals surface area contributed by atoms with Crippen molar-refractivity contribution in [3.63, 3.8) is 0 Å². The van der Waals surface area contributed by atoms with E-state index in [1.165, 1.54) is 51.4 Å². The molecule has 1 heteroatoms. The summed E-state index contributed by atoms with van der Waals surface area (Å²) in [7, 11) is 0. The molecule has 9 aliphatic carbocycles. The van der Waals surface area contributed by atoms with Crippen molar-refractivity contribution in [3.8, 4) is 0 Å². The van der Waals surface area contributed by atoms with Gasteiger partial charge >= 0.3 is 0 Å². The van der Waals surface area contributed by atoms with E-state index in [4.69, 9.17) is 0 Å². The van der Waals surface area contributed by atoms with Crippen LogP contribution in [0.3, 0.4) is 0 Å². The van der Waals surface area contributed by atoms with E-state index >= 15 is 0 Å². The van der Waals surface area contributed by atoms with Crippen molar-refractivity contribution in [1.29, 1.82) is 0 Å². The second kappa shape index (κ2) is 14.9. The number of hydrogen-bond donors (Lipinski definition) is 0. The Morgan fingerprint density at radius 1 is 0.234 bits per heavy atom. The van der Waals surface area contributed by atoms with Crippen LogP contribution in [0.25, 0.3) is 0 Å². The van der Waals surface area contributed by atoms with Crippen molar-refractivity contribution >= 4 is 0 Å². The summed E-state index contributed by atoms with van der Waals surface area (Å²) in [5, 5.41) is 0. The summed E-state index contributed by atoms with van der Waals surface area (Å²) in [4.78, 5) is 3.28. The summed E-state index contributed by atoms with van der Waals surface area (Å²) in [6.45, 7) is 0. The van der Waals surface area contributed by atoms with Gasteiger partial charge in [0.2, 0.25) is 0 Å². The molecule has 9 aliphatic rings. The fraction of sp³-hybridized carbons (Fsp3) is 1.00.